The molecule has 0 unspecified atom stereocenters. The van der Waals surface area contributed by atoms with E-state index >= 15 is 0 Å². The first kappa shape index (κ1) is 27.8. The fourth-order valence-corrected chi connectivity index (χ4v) is 4.97. The van der Waals surface area contributed by atoms with E-state index < -0.39 is 17.7 Å². The summed E-state index contributed by atoms with van der Waals surface area (Å²) in [4.78, 5) is 42.8. The zero-order valence-corrected chi connectivity index (χ0v) is 23.5. The third-order valence-corrected chi connectivity index (χ3v) is 7.31. The van der Waals surface area contributed by atoms with E-state index in [0.29, 0.717) is 61.7 Å². The maximum Gasteiger partial charge on any atom is 0.266 e. The Kier molecular flexibility index (Phi) is 8.16. The van der Waals surface area contributed by atoms with E-state index in [2.05, 4.69) is 10.2 Å². The largest absolute Gasteiger partial charge is 0.492 e. The van der Waals surface area contributed by atoms with Crippen molar-refractivity contribution < 1.29 is 28.6 Å². The number of ether oxygens (including phenoxy) is 3. The Bertz CT molecular complexity index is 1490. The van der Waals surface area contributed by atoms with Crippen molar-refractivity contribution in [2.24, 2.45) is 0 Å². The molecule has 0 atom stereocenters. The highest BCUT2D eigenvalue weighted by Crippen LogP contribution is 2.40. The van der Waals surface area contributed by atoms with Gasteiger partial charge in [-0.25, -0.2) is 4.90 Å². The van der Waals surface area contributed by atoms with Crippen molar-refractivity contribution >= 4 is 58.0 Å². The number of rotatable bonds is 8. The Labute approximate surface area is 241 Å². The highest BCUT2D eigenvalue weighted by molar-refractivity contribution is 6.42. The molecule has 2 heterocycles. The first-order valence-corrected chi connectivity index (χ1v) is 13.6. The van der Waals surface area contributed by atoms with Gasteiger partial charge in [-0.1, -0.05) is 23.2 Å². The summed E-state index contributed by atoms with van der Waals surface area (Å²) in [5, 5.41) is 3.40. The molecule has 3 aromatic rings. The molecule has 3 aromatic carbocycles. The molecule has 0 aliphatic carbocycles. The molecule has 1 N–H and O–H groups in total. The van der Waals surface area contributed by atoms with Crippen molar-refractivity contribution in [3.63, 3.8) is 0 Å². The first-order valence-electron chi connectivity index (χ1n) is 12.9. The van der Waals surface area contributed by atoms with Crippen LogP contribution in [-0.2, 0) is 4.74 Å². The van der Waals surface area contributed by atoms with Gasteiger partial charge in [-0.2, -0.15) is 0 Å². The molecule has 0 bridgehead atoms. The maximum absolute atomic E-state index is 13.4. The Morgan fingerprint density at radius 1 is 0.875 bits per heavy atom. The number of nitrogens with one attached hydrogen (secondary N) is 1. The van der Waals surface area contributed by atoms with Gasteiger partial charge in [0.25, 0.3) is 17.7 Å². The second-order valence-corrected chi connectivity index (χ2v) is 9.85. The van der Waals surface area contributed by atoms with E-state index in [-0.39, 0.29) is 27.4 Å². The molecule has 2 aliphatic heterocycles. The van der Waals surface area contributed by atoms with Gasteiger partial charge >= 0.3 is 0 Å². The van der Waals surface area contributed by atoms with Crippen LogP contribution in [0.5, 0.6) is 11.5 Å². The zero-order chi connectivity index (χ0) is 28.4. The quantitative estimate of drug-likeness (QED) is 0.341. The molecule has 5 rings (SSSR count). The normalized spacial score (nSPS) is 14.8. The van der Waals surface area contributed by atoms with E-state index in [4.69, 9.17) is 37.4 Å². The predicted molar refractivity (Wildman–Crippen MR) is 154 cm³/mol. The summed E-state index contributed by atoms with van der Waals surface area (Å²) in [6, 6.07) is 12.5. The van der Waals surface area contributed by atoms with E-state index in [0.717, 1.165) is 10.6 Å². The monoisotopic (exact) mass is 583 g/mol. The van der Waals surface area contributed by atoms with E-state index in [1.807, 2.05) is 19.9 Å². The van der Waals surface area contributed by atoms with Gasteiger partial charge in [0.2, 0.25) is 0 Å². The van der Waals surface area contributed by atoms with Crippen molar-refractivity contribution in [3.8, 4) is 11.5 Å². The van der Waals surface area contributed by atoms with Crippen LogP contribution in [0.4, 0.5) is 17.1 Å². The lowest BCUT2D eigenvalue weighted by Gasteiger charge is -2.31. The molecule has 9 nitrogen and oxygen atoms in total. The third kappa shape index (κ3) is 5.32. The highest BCUT2D eigenvalue weighted by Gasteiger charge is 2.37. The number of carbonyl (C=O) groups is 3. The van der Waals surface area contributed by atoms with Gasteiger partial charge in [0.1, 0.15) is 11.5 Å². The van der Waals surface area contributed by atoms with Crippen LogP contribution >= 0.6 is 23.2 Å². The molecule has 2 aliphatic rings. The number of anilines is 3. The van der Waals surface area contributed by atoms with Gasteiger partial charge in [0, 0.05) is 30.8 Å². The third-order valence-electron chi connectivity index (χ3n) is 6.57. The molecule has 0 aromatic heterocycles. The number of benzene rings is 3. The highest BCUT2D eigenvalue weighted by atomic mass is 35.5. The minimum absolute atomic E-state index is 0.117. The van der Waals surface area contributed by atoms with E-state index in [1.54, 1.807) is 6.07 Å². The summed E-state index contributed by atoms with van der Waals surface area (Å²) >= 11 is 12.1. The van der Waals surface area contributed by atoms with Gasteiger partial charge in [0.15, 0.2) is 0 Å². The van der Waals surface area contributed by atoms with Gasteiger partial charge in [0.05, 0.1) is 64.7 Å². The maximum atomic E-state index is 13.4. The van der Waals surface area contributed by atoms with Gasteiger partial charge in [-0.15, -0.1) is 0 Å². The number of hydrogen-bond acceptors (Lipinski definition) is 7. The summed E-state index contributed by atoms with van der Waals surface area (Å²) in [7, 11) is 0. The van der Waals surface area contributed by atoms with Crippen LogP contribution in [0.1, 0.15) is 44.9 Å². The lowest BCUT2D eigenvalue weighted by molar-refractivity contribution is 0.0925. The Morgan fingerprint density at radius 2 is 1.57 bits per heavy atom. The van der Waals surface area contributed by atoms with Crippen LogP contribution in [0, 0.1) is 0 Å². The Morgan fingerprint density at radius 3 is 2.27 bits per heavy atom. The Balaban J connectivity index is 1.43. The molecule has 0 saturated carbocycles. The minimum atomic E-state index is -0.559. The number of fused-ring (bicyclic) bond motifs is 1. The van der Waals surface area contributed by atoms with Crippen molar-refractivity contribution in [2.75, 3.05) is 54.6 Å². The van der Waals surface area contributed by atoms with Crippen LogP contribution in [-0.4, -0.2) is 57.2 Å². The standard InChI is InChI=1S/C29H27Cl2N3O6/c1-3-39-25-16-24(33-9-11-38-12-10-33)26(40-4-2)15-23(25)32-27(35)17-5-7-19-20(13-17)29(37)34(28(19)36)18-6-8-21(30)22(31)14-18/h5-8,13-16H,3-4,9-12H2,1-2H3,(H,32,35). The molecule has 0 spiro atoms. The fourth-order valence-electron chi connectivity index (χ4n) is 4.68. The molecular formula is C29H27Cl2N3O6. The van der Waals surface area contributed by atoms with Crippen molar-refractivity contribution in [2.45, 2.75) is 13.8 Å². The van der Waals surface area contributed by atoms with Crippen molar-refractivity contribution in [3.05, 3.63) is 75.3 Å². The van der Waals surface area contributed by atoms with Crippen LogP contribution < -0.4 is 24.6 Å². The number of halogens is 2. The topological polar surface area (TPSA) is 97.4 Å². The molecule has 11 heteroatoms. The van der Waals surface area contributed by atoms with Crippen LogP contribution in [0.2, 0.25) is 10.0 Å². The average Bonchev–Trinajstić information content (AvgIpc) is 3.21. The number of carbonyl (C=O) groups excluding carboxylic acids is 3. The van der Waals surface area contributed by atoms with Crippen LogP contribution in [0.25, 0.3) is 0 Å². The van der Waals surface area contributed by atoms with Gasteiger partial charge in [-0.3, -0.25) is 14.4 Å². The number of imide groups is 1. The average molecular weight is 584 g/mol. The number of morpholine rings is 1. The second-order valence-electron chi connectivity index (χ2n) is 9.04. The summed E-state index contributed by atoms with van der Waals surface area (Å²) in [6.45, 7) is 7.21. The summed E-state index contributed by atoms with van der Waals surface area (Å²) < 4.78 is 17.3. The number of hydrogen-bond donors (Lipinski definition) is 1. The zero-order valence-electron chi connectivity index (χ0n) is 22.0. The van der Waals surface area contributed by atoms with E-state index in [9.17, 15) is 14.4 Å². The molecule has 208 valence electrons. The summed E-state index contributed by atoms with van der Waals surface area (Å²) in [5.41, 5.74) is 2.08. The Hall–Kier alpha value is -3.79. The van der Waals surface area contributed by atoms with Crippen LogP contribution in [0.15, 0.2) is 48.5 Å². The summed E-state index contributed by atoms with van der Waals surface area (Å²) in [5.74, 6) is -0.451. The van der Waals surface area contributed by atoms with Crippen molar-refractivity contribution in [1.29, 1.82) is 0 Å². The fraction of sp³-hybridized carbons (Fsp3) is 0.276. The molecular weight excluding hydrogens is 557 g/mol. The SMILES string of the molecule is CCOc1cc(N2CCOCC2)c(OCC)cc1NC(=O)c1ccc2c(c1)C(=O)N(c1ccc(Cl)c(Cl)c1)C2=O. The molecule has 40 heavy (non-hydrogen) atoms. The predicted octanol–water partition coefficient (Wildman–Crippen LogP) is 5.68. The number of amides is 3. The molecule has 0 radical (unpaired) electrons. The minimum Gasteiger partial charge on any atom is -0.492 e. The van der Waals surface area contributed by atoms with Gasteiger partial charge in [-0.05, 0) is 50.2 Å². The molecule has 3 amide bonds. The van der Waals surface area contributed by atoms with Crippen molar-refractivity contribution in [1.82, 2.24) is 0 Å². The molecule has 1 fully saturated rings. The lowest BCUT2D eigenvalue weighted by atomic mass is 10.1. The smallest absolute Gasteiger partial charge is 0.266 e. The molecule has 1 saturated heterocycles. The van der Waals surface area contributed by atoms with Gasteiger partial charge < -0.3 is 24.4 Å². The first-order chi connectivity index (χ1) is 19.3. The lowest BCUT2D eigenvalue weighted by Crippen LogP contribution is -2.36. The summed E-state index contributed by atoms with van der Waals surface area (Å²) in [6.07, 6.45) is 0. The van der Waals surface area contributed by atoms with Crippen LogP contribution in [0.3, 0.4) is 0 Å². The number of nitrogens with zero attached hydrogens (tertiary/aromatic N) is 2. The van der Waals surface area contributed by atoms with E-state index in [1.165, 1.54) is 36.4 Å². The second kappa shape index (κ2) is 11.8.